The molecule has 3 heterocycles. The molecule has 10 heteroatoms. The molecule has 0 saturated carbocycles. The molecule has 38 heavy (non-hydrogen) atoms. The molecule has 3 N–H and O–H groups in total. The van der Waals surface area contributed by atoms with E-state index < -0.39 is 17.5 Å². The van der Waals surface area contributed by atoms with Crippen molar-refractivity contribution in [2.24, 2.45) is 0 Å². The number of halogens is 2. The number of aliphatic hydroxyl groups excluding tert-OH is 1. The van der Waals surface area contributed by atoms with E-state index >= 15 is 0 Å². The molecule has 2 aliphatic carbocycles. The van der Waals surface area contributed by atoms with Crippen LogP contribution in [0.25, 0.3) is 22.3 Å². The van der Waals surface area contributed by atoms with Crippen molar-refractivity contribution in [2.45, 2.75) is 70.1 Å². The van der Waals surface area contributed by atoms with Gasteiger partial charge in [0, 0.05) is 47.6 Å². The molecule has 1 amide bonds. The minimum absolute atomic E-state index is 0.0280. The summed E-state index contributed by atoms with van der Waals surface area (Å²) in [5, 5.41) is 24.2. The van der Waals surface area contributed by atoms with Crippen LogP contribution < -0.4 is 10.9 Å². The van der Waals surface area contributed by atoms with Crippen LogP contribution in [-0.4, -0.2) is 38.1 Å². The fraction of sp³-hybridized carbons (Fsp3) is 0.429. The molecule has 198 valence electrons. The van der Waals surface area contributed by atoms with E-state index in [0.29, 0.717) is 58.2 Å². The third kappa shape index (κ3) is 3.48. The highest BCUT2D eigenvalue weighted by molar-refractivity contribution is 6.32. The second kappa shape index (κ2) is 8.97. The van der Waals surface area contributed by atoms with Crippen molar-refractivity contribution in [2.75, 3.05) is 6.61 Å². The van der Waals surface area contributed by atoms with Crippen molar-refractivity contribution < 1.29 is 24.2 Å². The van der Waals surface area contributed by atoms with Crippen LogP contribution in [0.2, 0.25) is 5.02 Å². The molecule has 2 aromatic heterocycles. The van der Waals surface area contributed by atoms with E-state index in [9.17, 15) is 23.9 Å². The van der Waals surface area contributed by atoms with Crippen molar-refractivity contribution in [3.8, 4) is 11.4 Å². The smallest absolute Gasteiger partial charge is 0.254 e. The number of hydrogen-bond donors (Lipinski definition) is 3. The van der Waals surface area contributed by atoms with Crippen LogP contribution in [-0.2, 0) is 34.6 Å². The van der Waals surface area contributed by atoms with Gasteiger partial charge in [-0.3, -0.25) is 14.4 Å². The van der Waals surface area contributed by atoms with Gasteiger partial charge in [-0.05, 0) is 49.3 Å². The molecule has 0 saturated heterocycles. The van der Waals surface area contributed by atoms with Crippen molar-refractivity contribution in [1.29, 1.82) is 0 Å². The highest BCUT2D eigenvalue weighted by Gasteiger charge is 2.44. The molecule has 1 aliphatic heterocycles. The number of nitrogens with zero attached hydrogens (tertiary/aromatic N) is 2. The van der Waals surface area contributed by atoms with Crippen molar-refractivity contribution in [1.82, 2.24) is 14.9 Å². The minimum atomic E-state index is -1.74. The lowest BCUT2D eigenvalue weighted by Gasteiger charge is -2.32. The Balaban J connectivity index is 1.60. The predicted octanol–water partition coefficient (Wildman–Crippen LogP) is 3.21. The largest absolute Gasteiger partial charge is 0.396 e. The van der Waals surface area contributed by atoms with Gasteiger partial charge in [-0.1, -0.05) is 18.5 Å². The molecule has 0 spiro atoms. The first kappa shape index (κ1) is 25.2. The van der Waals surface area contributed by atoms with Crippen LogP contribution in [0.1, 0.15) is 72.9 Å². The van der Waals surface area contributed by atoms with E-state index in [2.05, 4.69) is 5.32 Å². The number of aromatic nitrogens is 2. The zero-order valence-electron chi connectivity index (χ0n) is 20.9. The Hall–Kier alpha value is -3.14. The predicted molar refractivity (Wildman–Crippen MR) is 139 cm³/mol. The molecule has 3 aliphatic rings. The molecular formula is C28H27ClFN3O5. The van der Waals surface area contributed by atoms with Gasteiger partial charge in [0.15, 0.2) is 5.78 Å². The molecule has 8 nitrogen and oxygen atoms in total. The van der Waals surface area contributed by atoms with Gasteiger partial charge in [0.25, 0.3) is 5.56 Å². The summed E-state index contributed by atoms with van der Waals surface area (Å²) < 4.78 is 16.4. The lowest BCUT2D eigenvalue weighted by molar-refractivity contribution is -0.140. The number of carbonyl (C=O) groups excluding carboxylic acids is 2. The number of aliphatic hydroxyl groups is 2. The SMILES string of the molecule is CC[C@@]1(O)C(=O)CCc2c1cc1n(c2=O)Cc2c-1nc1cc(F)c(Cl)c3c1c2[C@@H](NC(=O)CCCO)CC3. The van der Waals surface area contributed by atoms with Crippen molar-refractivity contribution in [3.05, 3.63) is 61.1 Å². The first-order valence-electron chi connectivity index (χ1n) is 13.0. The van der Waals surface area contributed by atoms with E-state index in [1.807, 2.05) is 0 Å². The zero-order valence-corrected chi connectivity index (χ0v) is 21.6. The Morgan fingerprint density at radius 2 is 2.03 bits per heavy atom. The maximum atomic E-state index is 14.8. The Morgan fingerprint density at radius 3 is 2.76 bits per heavy atom. The first-order chi connectivity index (χ1) is 18.2. The Bertz CT molecular complexity index is 1620. The standard InChI is InChI=1S/C28H27ClFN3O5/c1-2-28(38)16-10-20-26-15(12-33(20)27(37)13(16)6-8-21(28)35)24-18(31-22(36)4-3-9-34)7-5-14-23(24)19(32-26)11-17(30)25(14)29/h10-11,18,34,38H,2-9,12H2,1H3,(H,31,36)/t18-,28-/m0/s1. The Labute approximate surface area is 222 Å². The van der Waals surface area contributed by atoms with Crippen LogP contribution in [0.15, 0.2) is 16.9 Å². The highest BCUT2D eigenvalue weighted by Crippen LogP contribution is 2.46. The normalized spacial score (nSPS) is 21.3. The number of nitrogens with one attached hydrogen (secondary N) is 1. The molecule has 2 atom stereocenters. The molecule has 0 bridgehead atoms. The van der Waals surface area contributed by atoms with Crippen molar-refractivity contribution >= 4 is 34.2 Å². The first-order valence-corrected chi connectivity index (χ1v) is 13.3. The second-order valence-electron chi connectivity index (χ2n) is 10.3. The number of fused-ring (bicyclic) bond motifs is 5. The van der Waals surface area contributed by atoms with E-state index in [-0.39, 0.29) is 61.1 Å². The van der Waals surface area contributed by atoms with Crippen molar-refractivity contribution in [3.63, 3.8) is 0 Å². The average molecular weight is 540 g/mol. The number of rotatable bonds is 5. The van der Waals surface area contributed by atoms with Gasteiger partial charge in [-0.15, -0.1) is 0 Å². The lowest BCUT2D eigenvalue weighted by Crippen LogP contribution is -2.43. The summed E-state index contributed by atoms with van der Waals surface area (Å²) in [6.45, 7) is 1.81. The number of hydrogen-bond acceptors (Lipinski definition) is 6. The molecule has 1 aromatic carbocycles. The van der Waals surface area contributed by atoms with E-state index in [4.69, 9.17) is 21.7 Å². The number of pyridine rings is 2. The summed E-state index contributed by atoms with van der Waals surface area (Å²) in [6.07, 6.45) is 1.91. The van der Waals surface area contributed by atoms with Crippen LogP contribution >= 0.6 is 11.6 Å². The second-order valence-corrected chi connectivity index (χ2v) is 10.7. The zero-order chi connectivity index (χ0) is 26.9. The van der Waals surface area contributed by atoms with Gasteiger partial charge in [-0.25, -0.2) is 9.37 Å². The number of Topliss-reactive ketones (excluding diaryl/α,β-unsaturated/α-hetero) is 1. The molecule has 0 fully saturated rings. The molecule has 6 rings (SSSR count). The van der Waals surface area contributed by atoms with Crippen LogP contribution in [0.4, 0.5) is 4.39 Å². The molecule has 3 aromatic rings. The maximum absolute atomic E-state index is 14.8. The molecular weight excluding hydrogens is 513 g/mol. The van der Waals surface area contributed by atoms with E-state index in [1.165, 1.54) is 6.07 Å². The fourth-order valence-electron chi connectivity index (χ4n) is 6.39. The minimum Gasteiger partial charge on any atom is -0.396 e. The quantitative estimate of drug-likeness (QED) is 0.358. The number of amides is 1. The molecule has 0 radical (unpaired) electrons. The monoisotopic (exact) mass is 539 g/mol. The molecule has 0 unspecified atom stereocenters. The average Bonchev–Trinajstić information content (AvgIpc) is 3.27. The van der Waals surface area contributed by atoms with Gasteiger partial charge in [0.05, 0.1) is 34.5 Å². The summed E-state index contributed by atoms with van der Waals surface area (Å²) in [4.78, 5) is 43.8. The van der Waals surface area contributed by atoms with Gasteiger partial charge in [0.1, 0.15) is 11.4 Å². The summed E-state index contributed by atoms with van der Waals surface area (Å²) in [6, 6.07) is 2.54. The van der Waals surface area contributed by atoms with E-state index in [1.54, 1.807) is 17.6 Å². The number of benzene rings is 1. The van der Waals surface area contributed by atoms with Gasteiger partial charge in [-0.2, -0.15) is 0 Å². The summed E-state index contributed by atoms with van der Waals surface area (Å²) in [5.74, 6) is -1.12. The fourth-order valence-corrected chi connectivity index (χ4v) is 6.63. The number of ketones is 1. The van der Waals surface area contributed by atoms with Gasteiger partial charge in [0.2, 0.25) is 5.91 Å². The number of aryl methyl sites for hydroxylation is 1. The van der Waals surface area contributed by atoms with Crippen LogP contribution in [0.5, 0.6) is 0 Å². The Kier molecular flexibility index (Phi) is 5.93. The third-order valence-corrected chi connectivity index (χ3v) is 8.73. The van der Waals surface area contributed by atoms with E-state index in [0.717, 1.165) is 11.1 Å². The topological polar surface area (TPSA) is 122 Å². The maximum Gasteiger partial charge on any atom is 0.254 e. The number of carbonyl (C=O) groups is 2. The third-order valence-electron chi connectivity index (χ3n) is 8.32. The van der Waals surface area contributed by atoms with Gasteiger partial charge >= 0.3 is 0 Å². The lowest BCUT2D eigenvalue weighted by atomic mass is 9.77. The van der Waals surface area contributed by atoms with Gasteiger partial charge < -0.3 is 20.1 Å². The summed E-state index contributed by atoms with van der Waals surface area (Å²) in [7, 11) is 0. The summed E-state index contributed by atoms with van der Waals surface area (Å²) in [5.41, 5.74) is 2.12. The highest BCUT2D eigenvalue weighted by atomic mass is 35.5. The van der Waals surface area contributed by atoms with Crippen LogP contribution in [0.3, 0.4) is 0 Å². The van der Waals surface area contributed by atoms with Crippen LogP contribution in [0, 0.1) is 5.82 Å². The summed E-state index contributed by atoms with van der Waals surface area (Å²) >= 11 is 6.38. The Morgan fingerprint density at radius 1 is 1.24 bits per heavy atom.